The summed E-state index contributed by atoms with van der Waals surface area (Å²) in [6, 6.07) is 5.30. The molecule has 1 N–H and O–H groups in total. The molecule has 5 heteroatoms. The van der Waals surface area contributed by atoms with Crippen LogP contribution in [0.3, 0.4) is 0 Å². The van der Waals surface area contributed by atoms with E-state index < -0.39 is 6.09 Å². The Morgan fingerprint density at radius 2 is 1.88 bits per heavy atom. The van der Waals surface area contributed by atoms with Gasteiger partial charge in [0, 0.05) is 10.0 Å². The molecule has 2 rings (SSSR count). The van der Waals surface area contributed by atoms with Crippen LogP contribution in [-0.2, 0) is 10.3 Å². The number of hydrogen-bond acceptors (Lipinski definition) is 2. The van der Waals surface area contributed by atoms with Crippen molar-refractivity contribution in [3.63, 3.8) is 0 Å². The summed E-state index contributed by atoms with van der Waals surface area (Å²) in [5, 5.41) is 3.95. The van der Waals surface area contributed by atoms with E-state index in [0.29, 0.717) is 10.0 Å². The molecule has 0 heterocycles. The Balaban J connectivity index is 2.26. The summed E-state index contributed by atoms with van der Waals surface area (Å²) in [5.41, 5.74) is 0.581. The van der Waals surface area contributed by atoms with E-state index in [1.807, 2.05) is 12.1 Å². The fourth-order valence-corrected chi connectivity index (χ4v) is 2.21. The molecule has 1 aliphatic rings. The molecular formula is C11H11Cl2NO2. The Bertz CT molecular complexity index is 410. The van der Waals surface area contributed by atoms with Crippen LogP contribution in [0.5, 0.6) is 0 Å². The maximum atomic E-state index is 11.2. The second-order valence-corrected chi connectivity index (χ2v) is 4.73. The predicted octanol–water partition coefficient (Wildman–Crippen LogP) is 3.34. The summed E-state index contributed by atoms with van der Waals surface area (Å²) >= 11 is 11.9. The van der Waals surface area contributed by atoms with E-state index >= 15 is 0 Å². The van der Waals surface area contributed by atoms with Crippen LogP contribution in [0.25, 0.3) is 0 Å². The third kappa shape index (κ3) is 2.25. The van der Waals surface area contributed by atoms with Gasteiger partial charge in [0.25, 0.3) is 0 Å². The molecule has 1 fully saturated rings. The van der Waals surface area contributed by atoms with Crippen molar-refractivity contribution < 1.29 is 9.53 Å². The molecule has 1 aromatic rings. The van der Waals surface area contributed by atoms with Crippen LogP contribution >= 0.6 is 23.2 Å². The first-order valence-electron chi connectivity index (χ1n) is 4.88. The average Bonchev–Trinajstić information content (AvgIpc) is 2.97. The van der Waals surface area contributed by atoms with E-state index in [1.165, 1.54) is 7.11 Å². The molecule has 1 aromatic carbocycles. The zero-order chi connectivity index (χ0) is 11.8. The van der Waals surface area contributed by atoms with Crippen molar-refractivity contribution in [2.45, 2.75) is 18.4 Å². The number of amides is 1. The summed E-state index contributed by atoms with van der Waals surface area (Å²) in [4.78, 5) is 11.2. The van der Waals surface area contributed by atoms with E-state index in [2.05, 4.69) is 10.1 Å². The number of ether oxygens (including phenoxy) is 1. The minimum atomic E-state index is -0.436. The predicted molar refractivity (Wildman–Crippen MR) is 62.9 cm³/mol. The lowest BCUT2D eigenvalue weighted by Crippen LogP contribution is -2.34. The van der Waals surface area contributed by atoms with Crippen LogP contribution in [0.2, 0.25) is 10.0 Å². The minimum Gasteiger partial charge on any atom is -0.453 e. The lowest BCUT2D eigenvalue weighted by Gasteiger charge is -2.17. The molecule has 0 saturated heterocycles. The lowest BCUT2D eigenvalue weighted by molar-refractivity contribution is 0.165. The van der Waals surface area contributed by atoms with Crippen molar-refractivity contribution in [3.8, 4) is 0 Å². The van der Waals surface area contributed by atoms with Crippen LogP contribution in [0.1, 0.15) is 18.4 Å². The Kier molecular flexibility index (Phi) is 3.00. The number of benzene rings is 1. The SMILES string of the molecule is COC(=O)NC1(c2cc(Cl)cc(Cl)c2)CC1. The van der Waals surface area contributed by atoms with Crippen molar-refractivity contribution in [1.29, 1.82) is 0 Å². The highest BCUT2D eigenvalue weighted by atomic mass is 35.5. The zero-order valence-corrected chi connectivity index (χ0v) is 10.2. The molecule has 0 atom stereocenters. The van der Waals surface area contributed by atoms with E-state index in [4.69, 9.17) is 23.2 Å². The van der Waals surface area contributed by atoms with Crippen LogP contribution in [0, 0.1) is 0 Å². The van der Waals surface area contributed by atoms with Gasteiger partial charge in [-0.1, -0.05) is 23.2 Å². The molecule has 1 amide bonds. The first kappa shape index (κ1) is 11.6. The monoisotopic (exact) mass is 259 g/mol. The average molecular weight is 260 g/mol. The highest BCUT2D eigenvalue weighted by Crippen LogP contribution is 2.46. The molecule has 0 bridgehead atoms. The third-order valence-corrected chi connectivity index (χ3v) is 3.13. The van der Waals surface area contributed by atoms with Crippen LogP contribution in [-0.4, -0.2) is 13.2 Å². The summed E-state index contributed by atoms with van der Waals surface area (Å²) in [6.45, 7) is 0. The summed E-state index contributed by atoms with van der Waals surface area (Å²) in [7, 11) is 1.34. The van der Waals surface area contributed by atoms with E-state index in [9.17, 15) is 4.79 Å². The molecule has 0 spiro atoms. The number of nitrogens with one attached hydrogen (secondary N) is 1. The normalized spacial score (nSPS) is 16.7. The second kappa shape index (κ2) is 4.15. The van der Waals surface area contributed by atoms with Gasteiger partial charge in [0.2, 0.25) is 0 Å². The largest absolute Gasteiger partial charge is 0.453 e. The molecule has 86 valence electrons. The van der Waals surface area contributed by atoms with Gasteiger partial charge < -0.3 is 10.1 Å². The van der Waals surface area contributed by atoms with Gasteiger partial charge >= 0.3 is 6.09 Å². The smallest absolute Gasteiger partial charge is 0.407 e. The van der Waals surface area contributed by atoms with Crippen molar-refractivity contribution in [2.75, 3.05) is 7.11 Å². The quantitative estimate of drug-likeness (QED) is 0.885. The molecule has 0 unspecified atom stereocenters. The number of methoxy groups -OCH3 is 1. The molecule has 0 aromatic heterocycles. The van der Waals surface area contributed by atoms with Gasteiger partial charge in [0.05, 0.1) is 12.6 Å². The summed E-state index contributed by atoms with van der Waals surface area (Å²) < 4.78 is 4.59. The second-order valence-electron chi connectivity index (χ2n) is 3.86. The summed E-state index contributed by atoms with van der Waals surface area (Å²) in [5.74, 6) is 0. The maximum absolute atomic E-state index is 11.2. The lowest BCUT2D eigenvalue weighted by atomic mass is 10.1. The number of alkyl carbamates (subject to hydrolysis) is 1. The van der Waals surface area contributed by atoms with E-state index in [-0.39, 0.29) is 5.54 Å². The number of rotatable bonds is 2. The molecule has 3 nitrogen and oxygen atoms in total. The topological polar surface area (TPSA) is 38.3 Å². The zero-order valence-electron chi connectivity index (χ0n) is 8.72. The Labute approximate surface area is 104 Å². The van der Waals surface area contributed by atoms with Crippen molar-refractivity contribution >= 4 is 29.3 Å². The van der Waals surface area contributed by atoms with Gasteiger partial charge in [-0.3, -0.25) is 0 Å². The van der Waals surface area contributed by atoms with Gasteiger partial charge in [-0.05, 0) is 36.6 Å². The van der Waals surface area contributed by atoms with Gasteiger partial charge in [0.15, 0.2) is 0 Å². The Morgan fingerprint density at radius 1 is 1.31 bits per heavy atom. The van der Waals surface area contributed by atoms with E-state index in [1.54, 1.807) is 6.07 Å². The maximum Gasteiger partial charge on any atom is 0.407 e. The van der Waals surface area contributed by atoms with Crippen molar-refractivity contribution in [1.82, 2.24) is 5.32 Å². The van der Waals surface area contributed by atoms with Crippen LogP contribution < -0.4 is 5.32 Å². The molecule has 0 aliphatic heterocycles. The molecule has 0 radical (unpaired) electrons. The van der Waals surface area contributed by atoms with Gasteiger partial charge in [-0.25, -0.2) is 4.79 Å². The number of carbonyl (C=O) groups is 1. The fraction of sp³-hybridized carbons (Fsp3) is 0.364. The van der Waals surface area contributed by atoms with Gasteiger partial charge in [-0.2, -0.15) is 0 Å². The number of carbonyl (C=O) groups excluding carboxylic acids is 1. The third-order valence-electron chi connectivity index (χ3n) is 2.69. The van der Waals surface area contributed by atoms with Crippen molar-refractivity contribution in [3.05, 3.63) is 33.8 Å². The fourth-order valence-electron chi connectivity index (χ4n) is 1.69. The van der Waals surface area contributed by atoms with Crippen molar-refractivity contribution in [2.24, 2.45) is 0 Å². The van der Waals surface area contributed by atoms with Crippen LogP contribution in [0.4, 0.5) is 4.79 Å². The highest BCUT2D eigenvalue weighted by molar-refractivity contribution is 6.34. The number of halogens is 2. The Hall–Kier alpha value is -0.930. The Morgan fingerprint density at radius 3 is 2.31 bits per heavy atom. The molecule has 16 heavy (non-hydrogen) atoms. The van der Waals surface area contributed by atoms with Gasteiger partial charge in [-0.15, -0.1) is 0 Å². The minimum absolute atomic E-state index is 0.346. The standard InChI is InChI=1S/C11H11Cl2NO2/c1-16-10(15)14-11(2-3-11)7-4-8(12)6-9(13)5-7/h4-6H,2-3H2,1H3,(H,14,15). The van der Waals surface area contributed by atoms with Crippen LogP contribution in [0.15, 0.2) is 18.2 Å². The highest BCUT2D eigenvalue weighted by Gasteiger charge is 2.46. The van der Waals surface area contributed by atoms with E-state index in [0.717, 1.165) is 18.4 Å². The number of hydrogen-bond donors (Lipinski definition) is 1. The summed E-state index contributed by atoms with van der Waals surface area (Å²) in [6.07, 6.45) is 1.31. The molecule has 1 aliphatic carbocycles. The molecule has 1 saturated carbocycles. The van der Waals surface area contributed by atoms with Gasteiger partial charge in [0.1, 0.15) is 0 Å². The molecular weight excluding hydrogens is 249 g/mol. The first-order chi connectivity index (χ1) is 7.55. The first-order valence-corrected chi connectivity index (χ1v) is 5.64.